The SMILES string of the molecule is CCCCCCCCCC(=O)c1ccc(C=O)c(C)c1. The van der Waals surface area contributed by atoms with Crippen molar-refractivity contribution in [3.8, 4) is 0 Å². The summed E-state index contributed by atoms with van der Waals surface area (Å²) in [4.78, 5) is 22.8. The van der Waals surface area contributed by atoms with E-state index < -0.39 is 0 Å². The Kier molecular flexibility index (Phi) is 7.86. The molecule has 0 aliphatic carbocycles. The number of aryl methyl sites for hydroxylation is 1. The highest BCUT2D eigenvalue weighted by molar-refractivity contribution is 5.97. The number of hydrogen-bond donors (Lipinski definition) is 0. The summed E-state index contributed by atoms with van der Waals surface area (Å²) < 4.78 is 0. The number of aldehydes is 1. The van der Waals surface area contributed by atoms with Crippen molar-refractivity contribution in [3.05, 3.63) is 34.9 Å². The Morgan fingerprint density at radius 1 is 1.05 bits per heavy atom. The number of rotatable bonds is 10. The zero-order valence-electron chi connectivity index (χ0n) is 12.8. The van der Waals surface area contributed by atoms with Crippen LogP contribution in [0.25, 0.3) is 0 Å². The molecule has 0 heterocycles. The number of carbonyl (C=O) groups is 2. The predicted octanol–water partition coefficient (Wildman–Crippen LogP) is 5.13. The van der Waals surface area contributed by atoms with Gasteiger partial charge < -0.3 is 0 Å². The fourth-order valence-corrected chi connectivity index (χ4v) is 2.37. The van der Waals surface area contributed by atoms with Gasteiger partial charge in [0.1, 0.15) is 6.29 Å². The van der Waals surface area contributed by atoms with Crippen LogP contribution in [0.3, 0.4) is 0 Å². The molecule has 0 spiro atoms. The van der Waals surface area contributed by atoms with Gasteiger partial charge in [0.05, 0.1) is 0 Å². The minimum absolute atomic E-state index is 0.194. The number of carbonyl (C=O) groups excluding carboxylic acids is 2. The Morgan fingerprint density at radius 2 is 1.70 bits per heavy atom. The molecular formula is C18H26O2. The fourth-order valence-electron chi connectivity index (χ4n) is 2.37. The zero-order chi connectivity index (χ0) is 14.8. The number of benzene rings is 1. The summed E-state index contributed by atoms with van der Waals surface area (Å²) in [5, 5.41) is 0. The first-order valence-corrected chi connectivity index (χ1v) is 7.78. The first-order chi connectivity index (χ1) is 9.69. The van der Waals surface area contributed by atoms with Gasteiger partial charge in [-0.3, -0.25) is 9.59 Å². The van der Waals surface area contributed by atoms with Crippen molar-refractivity contribution in [2.24, 2.45) is 0 Å². The second-order valence-electron chi connectivity index (χ2n) is 5.48. The van der Waals surface area contributed by atoms with E-state index in [4.69, 9.17) is 0 Å². The van der Waals surface area contributed by atoms with Crippen LogP contribution in [0.1, 0.15) is 84.6 Å². The van der Waals surface area contributed by atoms with E-state index in [2.05, 4.69) is 6.92 Å². The molecule has 0 N–H and O–H groups in total. The van der Waals surface area contributed by atoms with Crippen LogP contribution in [0.5, 0.6) is 0 Å². The largest absolute Gasteiger partial charge is 0.298 e. The molecule has 1 aromatic carbocycles. The van der Waals surface area contributed by atoms with E-state index in [9.17, 15) is 9.59 Å². The van der Waals surface area contributed by atoms with Crippen molar-refractivity contribution >= 4 is 12.1 Å². The Bertz CT molecular complexity index is 435. The van der Waals surface area contributed by atoms with Crippen LogP contribution in [-0.4, -0.2) is 12.1 Å². The Hall–Kier alpha value is -1.44. The number of hydrogen-bond acceptors (Lipinski definition) is 2. The van der Waals surface area contributed by atoms with Gasteiger partial charge in [-0.15, -0.1) is 0 Å². The minimum Gasteiger partial charge on any atom is -0.298 e. The van der Waals surface area contributed by atoms with E-state index in [1.54, 1.807) is 12.1 Å². The molecule has 2 heteroatoms. The van der Waals surface area contributed by atoms with E-state index >= 15 is 0 Å². The summed E-state index contributed by atoms with van der Waals surface area (Å²) in [6.07, 6.45) is 9.99. The van der Waals surface area contributed by atoms with Gasteiger partial charge in [0.25, 0.3) is 0 Å². The van der Waals surface area contributed by atoms with Crippen LogP contribution >= 0.6 is 0 Å². The van der Waals surface area contributed by atoms with Crippen molar-refractivity contribution in [2.75, 3.05) is 0 Å². The Labute approximate surface area is 122 Å². The first-order valence-electron chi connectivity index (χ1n) is 7.78. The highest BCUT2D eigenvalue weighted by atomic mass is 16.1. The molecule has 0 aromatic heterocycles. The first kappa shape index (κ1) is 16.6. The van der Waals surface area contributed by atoms with E-state index in [0.29, 0.717) is 12.0 Å². The van der Waals surface area contributed by atoms with Gasteiger partial charge in [0, 0.05) is 17.5 Å². The quantitative estimate of drug-likeness (QED) is 0.336. The van der Waals surface area contributed by atoms with E-state index in [0.717, 1.165) is 30.3 Å². The van der Waals surface area contributed by atoms with Crippen molar-refractivity contribution in [3.63, 3.8) is 0 Å². The van der Waals surface area contributed by atoms with E-state index in [1.807, 2.05) is 13.0 Å². The van der Waals surface area contributed by atoms with Crippen molar-refractivity contribution in [2.45, 2.75) is 65.2 Å². The van der Waals surface area contributed by atoms with Gasteiger partial charge in [0.15, 0.2) is 5.78 Å². The van der Waals surface area contributed by atoms with Crippen LogP contribution in [0.2, 0.25) is 0 Å². The van der Waals surface area contributed by atoms with E-state index in [1.165, 1.54) is 32.1 Å². The highest BCUT2D eigenvalue weighted by Gasteiger charge is 2.07. The number of ketones is 1. The lowest BCUT2D eigenvalue weighted by Gasteiger charge is -2.04. The molecule has 20 heavy (non-hydrogen) atoms. The third-order valence-electron chi connectivity index (χ3n) is 3.73. The van der Waals surface area contributed by atoms with Crippen molar-refractivity contribution in [1.29, 1.82) is 0 Å². The molecule has 1 rings (SSSR count). The molecule has 1 aromatic rings. The van der Waals surface area contributed by atoms with Gasteiger partial charge in [0.2, 0.25) is 0 Å². The molecule has 0 unspecified atom stereocenters. The topological polar surface area (TPSA) is 34.1 Å². The molecule has 0 fully saturated rings. The predicted molar refractivity (Wildman–Crippen MR) is 83.5 cm³/mol. The van der Waals surface area contributed by atoms with Gasteiger partial charge in [-0.2, -0.15) is 0 Å². The smallest absolute Gasteiger partial charge is 0.162 e. The molecular weight excluding hydrogens is 248 g/mol. The Morgan fingerprint density at radius 3 is 2.30 bits per heavy atom. The van der Waals surface area contributed by atoms with Crippen LogP contribution in [0.4, 0.5) is 0 Å². The molecule has 0 amide bonds. The molecule has 0 aliphatic heterocycles. The summed E-state index contributed by atoms with van der Waals surface area (Å²) in [5.41, 5.74) is 2.28. The third-order valence-corrected chi connectivity index (χ3v) is 3.73. The summed E-state index contributed by atoms with van der Waals surface area (Å²) in [6.45, 7) is 4.09. The minimum atomic E-state index is 0.194. The molecule has 0 saturated heterocycles. The average molecular weight is 274 g/mol. The summed E-state index contributed by atoms with van der Waals surface area (Å²) in [5.74, 6) is 0.194. The summed E-state index contributed by atoms with van der Waals surface area (Å²) in [6, 6.07) is 5.33. The Balaban J connectivity index is 2.29. The third kappa shape index (κ3) is 5.68. The van der Waals surface area contributed by atoms with Crippen LogP contribution in [-0.2, 0) is 0 Å². The molecule has 0 atom stereocenters. The summed E-state index contributed by atoms with van der Waals surface area (Å²) in [7, 11) is 0. The van der Waals surface area contributed by atoms with Crippen LogP contribution < -0.4 is 0 Å². The lowest BCUT2D eigenvalue weighted by molar-refractivity contribution is 0.0978. The zero-order valence-corrected chi connectivity index (χ0v) is 12.8. The van der Waals surface area contributed by atoms with Crippen molar-refractivity contribution < 1.29 is 9.59 Å². The maximum absolute atomic E-state index is 12.0. The van der Waals surface area contributed by atoms with Gasteiger partial charge in [-0.1, -0.05) is 57.6 Å². The lowest BCUT2D eigenvalue weighted by Crippen LogP contribution is -2.00. The second kappa shape index (κ2) is 9.46. The van der Waals surface area contributed by atoms with Crippen molar-refractivity contribution in [1.82, 2.24) is 0 Å². The maximum Gasteiger partial charge on any atom is 0.162 e. The van der Waals surface area contributed by atoms with Crippen LogP contribution in [0.15, 0.2) is 18.2 Å². The molecule has 0 bridgehead atoms. The fraction of sp³-hybridized carbons (Fsp3) is 0.556. The monoisotopic (exact) mass is 274 g/mol. The lowest BCUT2D eigenvalue weighted by atomic mass is 9.99. The van der Waals surface area contributed by atoms with Gasteiger partial charge >= 0.3 is 0 Å². The average Bonchev–Trinajstić information content (AvgIpc) is 2.46. The standard InChI is InChI=1S/C18H26O2/c1-3-4-5-6-7-8-9-10-18(20)16-11-12-17(14-19)15(2)13-16/h11-14H,3-10H2,1-2H3. The van der Waals surface area contributed by atoms with E-state index in [-0.39, 0.29) is 5.78 Å². The normalized spacial score (nSPS) is 10.5. The molecule has 2 nitrogen and oxygen atoms in total. The molecule has 0 radical (unpaired) electrons. The number of Topliss-reactive ketones (excluding diaryl/α,β-unsaturated/α-hetero) is 1. The highest BCUT2D eigenvalue weighted by Crippen LogP contribution is 2.14. The molecule has 0 saturated carbocycles. The van der Waals surface area contributed by atoms with Crippen LogP contribution in [0, 0.1) is 6.92 Å². The number of unbranched alkanes of at least 4 members (excludes halogenated alkanes) is 6. The second-order valence-corrected chi connectivity index (χ2v) is 5.48. The maximum atomic E-state index is 12.0. The summed E-state index contributed by atoms with van der Waals surface area (Å²) >= 11 is 0. The van der Waals surface area contributed by atoms with Gasteiger partial charge in [-0.25, -0.2) is 0 Å². The molecule has 110 valence electrons. The molecule has 0 aliphatic rings. The van der Waals surface area contributed by atoms with Gasteiger partial charge in [-0.05, 0) is 25.0 Å².